The SMILES string of the molecule is O=C(Nc1cccc(Cl)c1)[C@H]1CCCN(c2ncnc3onc(-c4ccc(F)cc4)c23)C1. The van der Waals surface area contributed by atoms with Crippen molar-refractivity contribution >= 4 is 40.1 Å². The summed E-state index contributed by atoms with van der Waals surface area (Å²) in [6.07, 6.45) is 3.02. The van der Waals surface area contributed by atoms with Gasteiger partial charge in [-0.25, -0.2) is 9.37 Å². The highest BCUT2D eigenvalue weighted by molar-refractivity contribution is 6.30. The average molecular weight is 452 g/mol. The summed E-state index contributed by atoms with van der Waals surface area (Å²) in [6, 6.07) is 13.1. The fourth-order valence-corrected chi connectivity index (χ4v) is 4.20. The Hall–Kier alpha value is -3.52. The first-order valence-corrected chi connectivity index (χ1v) is 10.6. The largest absolute Gasteiger partial charge is 0.355 e. The number of rotatable bonds is 4. The second kappa shape index (κ2) is 8.55. The Kier molecular flexibility index (Phi) is 5.45. The molecule has 0 unspecified atom stereocenters. The molecule has 0 bridgehead atoms. The zero-order valence-corrected chi connectivity index (χ0v) is 17.7. The summed E-state index contributed by atoms with van der Waals surface area (Å²) in [7, 11) is 0. The molecular weight excluding hydrogens is 433 g/mol. The molecule has 1 aliphatic rings. The second-order valence-corrected chi connectivity index (χ2v) is 8.14. The third-order valence-electron chi connectivity index (χ3n) is 5.55. The van der Waals surface area contributed by atoms with Gasteiger partial charge in [0, 0.05) is 29.4 Å². The van der Waals surface area contributed by atoms with Crippen LogP contribution in [0.25, 0.3) is 22.4 Å². The number of halogens is 2. The summed E-state index contributed by atoms with van der Waals surface area (Å²) in [5.41, 5.74) is 2.26. The van der Waals surface area contributed by atoms with Gasteiger partial charge in [0.05, 0.1) is 5.92 Å². The van der Waals surface area contributed by atoms with Gasteiger partial charge in [-0.1, -0.05) is 22.8 Å². The topological polar surface area (TPSA) is 84.2 Å². The predicted octanol–water partition coefficient (Wildman–Crippen LogP) is 4.93. The number of hydrogen-bond donors (Lipinski definition) is 1. The molecule has 0 saturated carbocycles. The number of anilines is 2. The van der Waals surface area contributed by atoms with Crippen LogP contribution in [0.3, 0.4) is 0 Å². The standard InChI is InChI=1S/C23H19ClFN5O2/c24-16-4-1-5-18(11-16)28-22(31)15-3-2-10-30(12-15)21-19-20(14-6-8-17(25)9-7-14)29-32-23(19)27-13-26-21/h1,4-9,11,13,15H,2-3,10,12H2,(H,28,31)/t15-/m0/s1. The van der Waals surface area contributed by atoms with E-state index in [1.165, 1.54) is 18.5 Å². The highest BCUT2D eigenvalue weighted by atomic mass is 35.5. The smallest absolute Gasteiger partial charge is 0.263 e. The Morgan fingerprint density at radius 3 is 2.84 bits per heavy atom. The Labute approximate surface area is 188 Å². The number of fused-ring (bicyclic) bond motifs is 1. The van der Waals surface area contributed by atoms with E-state index in [-0.39, 0.29) is 17.6 Å². The van der Waals surface area contributed by atoms with Crippen LogP contribution in [0.4, 0.5) is 15.9 Å². The van der Waals surface area contributed by atoms with Crippen LogP contribution in [0.2, 0.25) is 5.02 Å². The van der Waals surface area contributed by atoms with Crippen molar-refractivity contribution in [2.24, 2.45) is 5.92 Å². The van der Waals surface area contributed by atoms with Crippen molar-refractivity contribution in [3.8, 4) is 11.3 Å². The molecule has 9 heteroatoms. The predicted molar refractivity (Wildman–Crippen MR) is 120 cm³/mol. The van der Waals surface area contributed by atoms with Crippen LogP contribution in [0.15, 0.2) is 59.4 Å². The Morgan fingerprint density at radius 1 is 1.19 bits per heavy atom. The zero-order valence-electron chi connectivity index (χ0n) is 17.0. The maximum absolute atomic E-state index is 13.4. The van der Waals surface area contributed by atoms with Crippen molar-refractivity contribution in [3.63, 3.8) is 0 Å². The summed E-state index contributed by atoms with van der Waals surface area (Å²) in [5, 5.41) is 8.32. The molecule has 2 aromatic carbocycles. The van der Waals surface area contributed by atoms with Crippen molar-refractivity contribution in [1.29, 1.82) is 0 Å². The van der Waals surface area contributed by atoms with E-state index in [9.17, 15) is 9.18 Å². The molecule has 1 atom stereocenters. The number of hydrogen-bond acceptors (Lipinski definition) is 6. The lowest BCUT2D eigenvalue weighted by molar-refractivity contribution is -0.120. The molecule has 1 N–H and O–H groups in total. The Morgan fingerprint density at radius 2 is 2.03 bits per heavy atom. The molecule has 3 heterocycles. The van der Waals surface area contributed by atoms with Gasteiger partial charge in [-0.05, 0) is 55.3 Å². The maximum Gasteiger partial charge on any atom is 0.263 e. The maximum atomic E-state index is 13.4. The number of nitrogens with one attached hydrogen (secondary N) is 1. The molecule has 162 valence electrons. The Balaban J connectivity index is 1.43. The molecule has 0 aliphatic carbocycles. The van der Waals surface area contributed by atoms with Crippen LogP contribution < -0.4 is 10.2 Å². The first-order valence-electron chi connectivity index (χ1n) is 10.3. The van der Waals surface area contributed by atoms with Crippen molar-refractivity contribution in [2.75, 3.05) is 23.3 Å². The molecule has 2 aromatic heterocycles. The van der Waals surface area contributed by atoms with E-state index >= 15 is 0 Å². The minimum Gasteiger partial charge on any atom is -0.355 e. The van der Waals surface area contributed by atoms with Gasteiger partial charge >= 0.3 is 0 Å². The van der Waals surface area contributed by atoms with Crippen LogP contribution >= 0.6 is 11.6 Å². The lowest BCUT2D eigenvalue weighted by Crippen LogP contribution is -2.41. The first kappa shape index (κ1) is 20.4. The van der Waals surface area contributed by atoms with E-state index in [1.807, 2.05) is 6.07 Å². The van der Waals surface area contributed by atoms with E-state index in [0.717, 1.165) is 19.4 Å². The highest BCUT2D eigenvalue weighted by Gasteiger charge is 2.29. The molecule has 7 nitrogen and oxygen atoms in total. The summed E-state index contributed by atoms with van der Waals surface area (Å²) < 4.78 is 18.8. The third-order valence-corrected chi connectivity index (χ3v) is 5.79. The quantitative estimate of drug-likeness (QED) is 0.473. The average Bonchev–Trinajstić information content (AvgIpc) is 3.24. The number of amides is 1. The molecule has 32 heavy (non-hydrogen) atoms. The summed E-state index contributed by atoms with van der Waals surface area (Å²) in [6.45, 7) is 1.23. The molecule has 5 rings (SSSR count). The molecule has 4 aromatic rings. The lowest BCUT2D eigenvalue weighted by Gasteiger charge is -2.33. The fourth-order valence-electron chi connectivity index (χ4n) is 4.01. The third kappa shape index (κ3) is 4.01. The van der Waals surface area contributed by atoms with Crippen LogP contribution in [0, 0.1) is 11.7 Å². The van der Waals surface area contributed by atoms with Gasteiger partial charge in [-0.2, -0.15) is 4.98 Å². The van der Waals surface area contributed by atoms with Gasteiger partial charge in [0.1, 0.15) is 29.0 Å². The summed E-state index contributed by atoms with van der Waals surface area (Å²) >= 11 is 6.03. The zero-order chi connectivity index (χ0) is 22.1. The van der Waals surface area contributed by atoms with Gasteiger partial charge in [0.2, 0.25) is 5.91 Å². The number of carbonyl (C=O) groups excluding carboxylic acids is 1. The van der Waals surface area contributed by atoms with Gasteiger partial charge in [0.25, 0.3) is 5.71 Å². The summed E-state index contributed by atoms with van der Waals surface area (Å²) in [4.78, 5) is 23.6. The molecule has 0 radical (unpaired) electrons. The van der Waals surface area contributed by atoms with Crippen LogP contribution in [-0.2, 0) is 4.79 Å². The minimum atomic E-state index is -0.331. The normalized spacial score (nSPS) is 16.3. The monoisotopic (exact) mass is 451 g/mol. The van der Waals surface area contributed by atoms with E-state index in [4.69, 9.17) is 16.1 Å². The van der Waals surface area contributed by atoms with Crippen LogP contribution in [0.1, 0.15) is 12.8 Å². The van der Waals surface area contributed by atoms with E-state index in [1.54, 1.807) is 30.3 Å². The van der Waals surface area contributed by atoms with Crippen molar-refractivity contribution < 1.29 is 13.7 Å². The van der Waals surface area contributed by atoms with Gasteiger partial charge in [-0.15, -0.1) is 0 Å². The van der Waals surface area contributed by atoms with Gasteiger partial charge in [-0.3, -0.25) is 4.79 Å². The molecule has 1 saturated heterocycles. The van der Waals surface area contributed by atoms with E-state index in [2.05, 4.69) is 25.3 Å². The molecule has 1 amide bonds. The number of benzene rings is 2. The van der Waals surface area contributed by atoms with Crippen LogP contribution in [0.5, 0.6) is 0 Å². The number of carbonyl (C=O) groups is 1. The molecule has 0 spiro atoms. The lowest BCUT2D eigenvalue weighted by atomic mass is 9.96. The summed E-state index contributed by atoms with van der Waals surface area (Å²) in [5.74, 6) is 0.0339. The number of aromatic nitrogens is 3. The van der Waals surface area contributed by atoms with Gasteiger partial charge in [0.15, 0.2) is 0 Å². The molecule has 1 aliphatic heterocycles. The second-order valence-electron chi connectivity index (χ2n) is 7.70. The van der Waals surface area contributed by atoms with E-state index in [0.29, 0.717) is 45.4 Å². The molecular formula is C23H19ClFN5O2. The fraction of sp³-hybridized carbons (Fsp3) is 0.217. The van der Waals surface area contributed by atoms with Gasteiger partial charge < -0.3 is 14.7 Å². The van der Waals surface area contributed by atoms with Crippen LogP contribution in [-0.4, -0.2) is 34.1 Å². The Bertz CT molecular complexity index is 1280. The first-order chi connectivity index (χ1) is 15.6. The van der Waals surface area contributed by atoms with Crippen molar-refractivity contribution in [1.82, 2.24) is 15.1 Å². The highest BCUT2D eigenvalue weighted by Crippen LogP contribution is 2.35. The van der Waals surface area contributed by atoms with Crippen molar-refractivity contribution in [2.45, 2.75) is 12.8 Å². The van der Waals surface area contributed by atoms with E-state index < -0.39 is 0 Å². The number of nitrogens with zero attached hydrogens (tertiary/aromatic N) is 4. The number of piperidine rings is 1. The van der Waals surface area contributed by atoms with Crippen molar-refractivity contribution in [3.05, 3.63) is 65.7 Å². The minimum absolute atomic E-state index is 0.0636. The molecule has 1 fully saturated rings.